The summed E-state index contributed by atoms with van der Waals surface area (Å²) in [4.78, 5) is 9.13. The Balaban J connectivity index is 0.00000261. The third-order valence-corrected chi connectivity index (χ3v) is 4.52. The van der Waals surface area contributed by atoms with Gasteiger partial charge in [0, 0.05) is 13.1 Å². The number of nitrogens with zero attached hydrogens (tertiary/aromatic N) is 4. The number of rotatable bonds is 5. The number of aryl methyl sites for hydroxylation is 3. The quantitative estimate of drug-likeness (QED) is 0.345. The van der Waals surface area contributed by atoms with Crippen molar-refractivity contribution in [1.29, 1.82) is 0 Å². The van der Waals surface area contributed by atoms with E-state index in [1.54, 1.807) is 0 Å². The lowest BCUT2D eigenvalue weighted by molar-refractivity contribution is 0.187. The monoisotopic (exact) mass is 484 g/mol. The van der Waals surface area contributed by atoms with Crippen LogP contribution in [0.1, 0.15) is 54.7 Å². The first kappa shape index (κ1) is 21.6. The average molecular weight is 484 g/mol. The molecule has 148 valence electrons. The molecule has 3 N–H and O–H groups in total. The number of aliphatic hydroxyl groups is 1. The van der Waals surface area contributed by atoms with Gasteiger partial charge in [0.05, 0.1) is 18.7 Å². The van der Waals surface area contributed by atoms with Gasteiger partial charge in [-0.05, 0) is 39.2 Å². The maximum atomic E-state index is 10.4. The average Bonchev–Trinajstić information content (AvgIpc) is 3.01. The summed E-state index contributed by atoms with van der Waals surface area (Å²) in [6.45, 7) is 7.95. The van der Waals surface area contributed by atoms with Gasteiger partial charge in [0.1, 0.15) is 11.6 Å². The van der Waals surface area contributed by atoms with Gasteiger partial charge in [-0.15, -0.1) is 24.0 Å². The minimum absolute atomic E-state index is 0. The molecule has 2 atom stereocenters. The Labute approximate surface area is 177 Å². The minimum Gasteiger partial charge on any atom is -0.386 e. The summed E-state index contributed by atoms with van der Waals surface area (Å²) in [7, 11) is 0. The van der Waals surface area contributed by atoms with Crippen LogP contribution in [0.25, 0.3) is 0 Å². The molecule has 0 radical (unpaired) electrons. The zero-order valence-electron chi connectivity index (χ0n) is 16.1. The van der Waals surface area contributed by atoms with Crippen LogP contribution in [0.15, 0.2) is 29.3 Å². The van der Waals surface area contributed by atoms with Crippen LogP contribution in [-0.4, -0.2) is 38.9 Å². The van der Waals surface area contributed by atoms with Crippen LogP contribution < -0.4 is 10.6 Å². The van der Waals surface area contributed by atoms with E-state index >= 15 is 0 Å². The normalized spacial score (nSPS) is 17.6. The second kappa shape index (κ2) is 10.0. The maximum Gasteiger partial charge on any atom is 0.191 e. The molecule has 0 fully saturated rings. The zero-order chi connectivity index (χ0) is 18.5. The van der Waals surface area contributed by atoms with Gasteiger partial charge < -0.3 is 15.7 Å². The minimum atomic E-state index is -0.622. The first-order valence-corrected chi connectivity index (χ1v) is 9.27. The van der Waals surface area contributed by atoms with Crippen LogP contribution >= 0.6 is 24.0 Å². The Kier molecular flexibility index (Phi) is 8.03. The summed E-state index contributed by atoms with van der Waals surface area (Å²) < 4.78 is 1.97. The van der Waals surface area contributed by atoms with Crippen LogP contribution in [0.5, 0.6) is 0 Å². The van der Waals surface area contributed by atoms with Crippen molar-refractivity contribution in [2.75, 3.05) is 13.1 Å². The Hall–Kier alpha value is -1.68. The number of aliphatic hydroxyl groups excluding tert-OH is 1. The van der Waals surface area contributed by atoms with Crippen LogP contribution in [0.3, 0.4) is 0 Å². The topological polar surface area (TPSA) is 87.4 Å². The third-order valence-electron chi connectivity index (χ3n) is 4.52. The number of aromatic nitrogens is 3. The first-order valence-electron chi connectivity index (χ1n) is 9.27. The Morgan fingerprint density at radius 2 is 2.07 bits per heavy atom. The lowest BCUT2D eigenvalue weighted by Crippen LogP contribution is -2.41. The molecular weight excluding hydrogens is 455 g/mol. The van der Waals surface area contributed by atoms with Crippen molar-refractivity contribution in [2.24, 2.45) is 4.99 Å². The molecule has 2 heterocycles. The number of fused-ring (bicyclic) bond motifs is 1. The molecule has 7 nitrogen and oxygen atoms in total. The second-order valence-corrected chi connectivity index (χ2v) is 6.73. The van der Waals surface area contributed by atoms with Gasteiger partial charge in [-0.1, -0.05) is 29.8 Å². The van der Waals surface area contributed by atoms with E-state index in [1.807, 2.05) is 49.7 Å². The van der Waals surface area contributed by atoms with Crippen LogP contribution in [0, 0.1) is 13.8 Å². The van der Waals surface area contributed by atoms with Crippen molar-refractivity contribution in [1.82, 2.24) is 25.4 Å². The fraction of sp³-hybridized carbons (Fsp3) is 0.526. The van der Waals surface area contributed by atoms with E-state index in [9.17, 15) is 5.11 Å². The van der Waals surface area contributed by atoms with Gasteiger partial charge in [0.2, 0.25) is 0 Å². The van der Waals surface area contributed by atoms with Crippen molar-refractivity contribution in [3.63, 3.8) is 0 Å². The molecule has 2 aromatic rings. The second-order valence-electron chi connectivity index (χ2n) is 6.73. The molecule has 1 aliphatic heterocycles. The van der Waals surface area contributed by atoms with E-state index in [-0.39, 0.29) is 30.0 Å². The molecule has 1 aromatic carbocycles. The van der Waals surface area contributed by atoms with E-state index in [1.165, 1.54) is 5.56 Å². The van der Waals surface area contributed by atoms with Gasteiger partial charge >= 0.3 is 0 Å². The van der Waals surface area contributed by atoms with Crippen molar-refractivity contribution >= 4 is 29.9 Å². The van der Waals surface area contributed by atoms with Crippen LogP contribution in [0.4, 0.5) is 0 Å². The van der Waals surface area contributed by atoms with E-state index < -0.39 is 6.10 Å². The molecule has 0 amide bonds. The van der Waals surface area contributed by atoms with Gasteiger partial charge in [-0.2, -0.15) is 5.10 Å². The molecule has 0 spiro atoms. The Bertz CT molecular complexity index is 758. The Morgan fingerprint density at radius 3 is 2.78 bits per heavy atom. The molecular formula is C19H29IN6O. The highest BCUT2D eigenvalue weighted by Crippen LogP contribution is 2.23. The fourth-order valence-corrected chi connectivity index (χ4v) is 3.16. The highest BCUT2D eigenvalue weighted by molar-refractivity contribution is 14.0. The van der Waals surface area contributed by atoms with Crippen molar-refractivity contribution in [3.8, 4) is 0 Å². The lowest BCUT2D eigenvalue weighted by Gasteiger charge is -2.25. The van der Waals surface area contributed by atoms with E-state index in [0.29, 0.717) is 12.5 Å². The smallest absolute Gasteiger partial charge is 0.191 e. The molecule has 1 aromatic heterocycles. The van der Waals surface area contributed by atoms with Gasteiger partial charge in [-0.3, -0.25) is 4.99 Å². The first-order chi connectivity index (χ1) is 12.6. The third kappa shape index (κ3) is 5.65. The molecule has 0 saturated carbocycles. The highest BCUT2D eigenvalue weighted by atomic mass is 127. The number of hydrogen-bond donors (Lipinski definition) is 3. The highest BCUT2D eigenvalue weighted by Gasteiger charge is 2.24. The molecule has 0 aliphatic carbocycles. The van der Waals surface area contributed by atoms with E-state index in [4.69, 9.17) is 0 Å². The summed E-state index contributed by atoms with van der Waals surface area (Å²) in [5.41, 5.74) is 2.05. The predicted molar refractivity (Wildman–Crippen MR) is 117 cm³/mol. The summed E-state index contributed by atoms with van der Waals surface area (Å²) in [5, 5.41) is 21.5. The van der Waals surface area contributed by atoms with Gasteiger partial charge in [0.25, 0.3) is 0 Å². The van der Waals surface area contributed by atoms with Crippen molar-refractivity contribution < 1.29 is 5.11 Å². The lowest BCUT2D eigenvalue weighted by atomic mass is 10.1. The van der Waals surface area contributed by atoms with Gasteiger partial charge in [0.15, 0.2) is 5.96 Å². The van der Waals surface area contributed by atoms with Gasteiger partial charge in [-0.25, -0.2) is 9.67 Å². The molecule has 0 bridgehead atoms. The number of aliphatic imine (C=N–C) groups is 1. The largest absolute Gasteiger partial charge is 0.386 e. The maximum absolute atomic E-state index is 10.4. The molecule has 1 aliphatic rings. The summed E-state index contributed by atoms with van der Waals surface area (Å²) in [6, 6.07) is 7.98. The molecule has 3 rings (SSSR count). The predicted octanol–water partition coefficient (Wildman–Crippen LogP) is 2.64. The van der Waals surface area contributed by atoms with Crippen molar-refractivity contribution in [2.45, 2.75) is 52.3 Å². The standard InChI is InChI=1S/C19H28N6O.HI/c1-4-20-19(21-12-17(26)15-9-7-13(2)8-10-15)23-16-6-5-11-25-18(16)22-14(3)24-25;/h7-10,16-17,26H,4-6,11-12H2,1-3H3,(H2,20,21,23);1H. The fourth-order valence-electron chi connectivity index (χ4n) is 3.16. The number of hydrogen-bond acceptors (Lipinski definition) is 4. The number of benzene rings is 1. The van der Waals surface area contributed by atoms with E-state index in [2.05, 4.69) is 25.7 Å². The molecule has 2 unspecified atom stereocenters. The zero-order valence-corrected chi connectivity index (χ0v) is 18.5. The van der Waals surface area contributed by atoms with E-state index in [0.717, 1.165) is 43.1 Å². The van der Waals surface area contributed by atoms with Crippen molar-refractivity contribution in [3.05, 3.63) is 47.0 Å². The molecule has 8 heteroatoms. The summed E-state index contributed by atoms with van der Waals surface area (Å²) >= 11 is 0. The summed E-state index contributed by atoms with van der Waals surface area (Å²) in [6.07, 6.45) is 1.42. The summed E-state index contributed by atoms with van der Waals surface area (Å²) in [5.74, 6) is 2.45. The van der Waals surface area contributed by atoms with Crippen LogP contribution in [0.2, 0.25) is 0 Å². The number of nitrogens with one attached hydrogen (secondary N) is 2. The number of halogens is 1. The SMILES string of the molecule is CCNC(=NCC(O)c1ccc(C)cc1)NC1CCCn2nc(C)nc21.I. The van der Waals surface area contributed by atoms with Crippen LogP contribution in [-0.2, 0) is 6.54 Å². The molecule has 0 saturated heterocycles. The Morgan fingerprint density at radius 1 is 1.33 bits per heavy atom. The number of guanidine groups is 1. The molecule has 27 heavy (non-hydrogen) atoms.